The highest BCUT2D eigenvalue weighted by atomic mass is 16.6. The summed E-state index contributed by atoms with van der Waals surface area (Å²) in [6.45, 7) is 7.37. The number of amides is 3. The Morgan fingerprint density at radius 1 is 0.447 bits per heavy atom. The molecule has 0 bridgehead atoms. The van der Waals surface area contributed by atoms with E-state index in [-0.39, 0.29) is 71.2 Å². The number of ether oxygens (including phenoxy) is 6. The van der Waals surface area contributed by atoms with Crippen molar-refractivity contribution in [3.63, 3.8) is 0 Å². The maximum Gasteiger partial charge on any atom is 0.307 e. The van der Waals surface area contributed by atoms with Crippen LogP contribution in [0.2, 0.25) is 0 Å². The molecule has 0 radical (unpaired) electrons. The Morgan fingerprint density at radius 3 is 1.42 bits per heavy atom. The van der Waals surface area contributed by atoms with Gasteiger partial charge in [-0.1, -0.05) is 133 Å². The number of ketones is 3. The molecule has 454 valence electrons. The van der Waals surface area contributed by atoms with Gasteiger partial charge in [-0.3, -0.25) is 43.2 Å². The molecule has 3 amide bonds. The van der Waals surface area contributed by atoms with Gasteiger partial charge in [-0.05, 0) is 92.8 Å². The molecule has 5 atom stereocenters. The first-order valence-corrected chi connectivity index (χ1v) is 28.8. The lowest BCUT2D eigenvalue weighted by Crippen LogP contribution is -2.49. The van der Waals surface area contributed by atoms with Crippen molar-refractivity contribution in [3.8, 4) is 5.75 Å². The monoisotopic (exact) mass is 1170 g/mol. The van der Waals surface area contributed by atoms with Crippen LogP contribution in [-0.4, -0.2) is 104 Å². The molecule has 5 aromatic rings. The molecular weight excluding hydrogens is 1090 g/mol. The Kier molecular flexibility index (Phi) is 28.9. The zero-order chi connectivity index (χ0) is 61.4. The minimum absolute atomic E-state index is 0.00771. The molecule has 85 heavy (non-hydrogen) atoms. The average molecular weight is 1170 g/mol. The van der Waals surface area contributed by atoms with E-state index in [1.807, 2.05) is 42.5 Å². The summed E-state index contributed by atoms with van der Waals surface area (Å²) >= 11 is 0. The highest BCUT2D eigenvalue weighted by molar-refractivity contribution is 5.97. The summed E-state index contributed by atoms with van der Waals surface area (Å²) in [7, 11) is 1.54. The highest BCUT2D eigenvalue weighted by Crippen LogP contribution is 2.23. The average Bonchev–Trinajstić information content (AvgIpc) is 3.64. The number of Topliss-reactive ketones (excluding diaryl/α,β-unsaturated/α-hetero) is 3. The number of carbonyl (C=O) groups is 9. The molecule has 5 aromatic carbocycles. The van der Waals surface area contributed by atoms with Crippen LogP contribution in [0.15, 0.2) is 146 Å². The predicted octanol–water partition coefficient (Wildman–Crippen LogP) is 8.47. The molecule has 0 aliphatic carbocycles. The normalized spacial score (nSPS) is 12.9. The van der Waals surface area contributed by atoms with E-state index in [2.05, 4.69) is 16.0 Å². The van der Waals surface area contributed by atoms with Crippen LogP contribution in [-0.2, 0) is 99.5 Å². The van der Waals surface area contributed by atoms with E-state index in [9.17, 15) is 43.2 Å². The summed E-state index contributed by atoms with van der Waals surface area (Å²) in [5.41, 5.74) is 2.77. The van der Waals surface area contributed by atoms with Gasteiger partial charge in [0, 0.05) is 58.7 Å². The van der Waals surface area contributed by atoms with Crippen molar-refractivity contribution in [3.05, 3.63) is 173 Å². The number of benzene rings is 5. The maximum atomic E-state index is 15.0. The Morgan fingerprint density at radius 2 is 0.906 bits per heavy atom. The minimum Gasteiger partial charge on any atom is -0.489 e. The number of esters is 3. The van der Waals surface area contributed by atoms with Crippen molar-refractivity contribution in [1.82, 2.24) is 16.0 Å². The number of methoxy groups -OCH3 is 1. The van der Waals surface area contributed by atoms with E-state index in [0.29, 0.717) is 36.7 Å². The smallest absolute Gasteiger partial charge is 0.307 e. The summed E-state index contributed by atoms with van der Waals surface area (Å²) in [6.07, 6.45) is -2.43. The zero-order valence-corrected chi connectivity index (χ0v) is 49.4. The first-order chi connectivity index (χ1) is 40.8. The third-order valence-corrected chi connectivity index (χ3v) is 13.5. The molecule has 3 N–H and O–H groups in total. The number of hydrogen-bond donors (Lipinski definition) is 3. The summed E-state index contributed by atoms with van der Waals surface area (Å²) < 4.78 is 33.2. The summed E-state index contributed by atoms with van der Waals surface area (Å²) in [6, 6.07) is 39.7. The van der Waals surface area contributed by atoms with Gasteiger partial charge in [0.25, 0.3) is 0 Å². The van der Waals surface area contributed by atoms with E-state index in [0.717, 1.165) is 16.7 Å². The van der Waals surface area contributed by atoms with Crippen molar-refractivity contribution >= 4 is 53.0 Å². The molecule has 0 unspecified atom stereocenters. The first-order valence-electron chi connectivity index (χ1n) is 28.8. The van der Waals surface area contributed by atoms with E-state index >= 15 is 0 Å². The van der Waals surface area contributed by atoms with Gasteiger partial charge in [0.15, 0.2) is 17.3 Å². The van der Waals surface area contributed by atoms with Gasteiger partial charge in [-0.25, -0.2) is 0 Å². The standard InChI is InChI=1S/C67H81N3O15/c1-47(71)68-57(40-49-28-31-55(32-29-49)82-44-50-21-12-7-13-22-50)61(74)42-54(43-64(77)85-67(2,3)4)66(79)70-58(39-48-19-10-6-11-20-48)60(73)41-53(30-34-62(75)83-45-51-23-14-8-15-24-51)65(78)69-56(59(72)27-18-36-81-38-37-80-5)33-35-63(76)84-46-52-25-16-9-17-26-52/h6-17,19-26,28-29,31-32,53-54,56-58H,18,27,30,33-46H2,1-5H3,(H,68,71)(H,69,78)(H,70,79)/t53-,54+,56-,57+,58-/m1/s1. The first kappa shape index (κ1) is 67.4. The van der Waals surface area contributed by atoms with Gasteiger partial charge >= 0.3 is 17.9 Å². The second kappa shape index (κ2) is 36.4. The van der Waals surface area contributed by atoms with Crippen LogP contribution in [0.1, 0.15) is 113 Å². The molecule has 0 aliphatic rings. The SMILES string of the molecule is COCCOCCCC(=O)[C@@H](CCC(=O)OCc1ccccc1)NC(=O)[C@H](CCC(=O)OCc1ccccc1)CC(=O)[C@@H](Cc1ccccc1)NC(=O)[C@H](CC(=O)OC(C)(C)C)CC(=O)[C@H](Cc1ccc(OCc2ccccc2)cc1)NC(C)=O. The topological polar surface area (TPSA) is 245 Å². The molecule has 0 saturated heterocycles. The maximum absolute atomic E-state index is 15.0. The van der Waals surface area contributed by atoms with Crippen molar-refractivity contribution < 1.29 is 71.6 Å². The molecule has 0 spiro atoms. The minimum atomic E-state index is -1.41. The summed E-state index contributed by atoms with van der Waals surface area (Å²) in [5, 5.41) is 8.29. The van der Waals surface area contributed by atoms with Gasteiger partial charge in [-0.15, -0.1) is 0 Å². The van der Waals surface area contributed by atoms with Crippen LogP contribution in [0.5, 0.6) is 5.75 Å². The highest BCUT2D eigenvalue weighted by Gasteiger charge is 2.35. The Hall–Kier alpha value is -8.35. The van der Waals surface area contributed by atoms with E-state index in [1.165, 1.54) is 14.0 Å². The summed E-state index contributed by atoms with van der Waals surface area (Å²) in [4.78, 5) is 125. The fraction of sp³-hybridized carbons (Fsp3) is 0.418. The zero-order valence-electron chi connectivity index (χ0n) is 49.4. The van der Waals surface area contributed by atoms with Crippen molar-refractivity contribution in [2.75, 3.05) is 26.9 Å². The lowest BCUT2D eigenvalue weighted by Gasteiger charge is -2.26. The van der Waals surface area contributed by atoms with Crippen LogP contribution >= 0.6 is 0 Å². The molecule has 0 aliphatic heterocycles. The van der Waals surface area contributed by atoms with E-state index in [4.69, 9.17) is 28.4 Å². The number of carbonyl (C=O) groups excluding carboxylic acids is 9. The fourth-order valence-electron chi connectivity index (χ4n) is 9.06. The molecule has 18 heteroatoms. The van der Waals surface area contributed by atoms with Crippen molar-refractivity contribution in [1.29, 1.82) is 0 Å². The largest absolute Gasteiger partial charge is 0.489 e. The Balaban J connectivity index is 1.40. The lowest BCUT2D eigenvalue weighted by atomic mass is 9.89. The fourth-order valence-corrected chi connectivity index (χ4v) is 9.06. The molecule has 0 saturated carbocycles. The summed E-state index contributed by atoms with van der Waals surface area (Å²) in [5.74, 6) is -7.94. The van der Waals surface area contributed by atoms with Crippen LogP contribution in [0.3, 0.4) is 0 Å². The molecule has 5 rings (SSSR count). The molecular formula is C67H81N3O15. The molecule has 0 heterocycles. The second-order valence-corrected chi connectivity index (χ2v) is 21.8. The lowest BCUT2D eigenvalue weighted by molar-refractivity contribution is -0.157. The third-order valence-electron chi connectivity index (χ3n) is 13.5. The van der Waals surface area contributed by atoms with Gasteiger partial charge in [0.1, 0.15) is 31.2 Å². The van der Waals surface area contributed by atoms with Crippen molar-refractivity contribution in [2.24, 2.45) is 11.8 Å². The van der Waals surface area contributed by atoms with Crippen LogP contribution in [0, 0.1) is 11.8 Å². The van der Waals surface area contributed by atoms with Crippen LogP contribution < -0.4 is 20.7 Å². The quantitative estimate of drug-likeness (QED) is 0.0191. The Bertz CT molecular complexity index is 2900. The van der Waals surface area contributed by atoms with Crippen LogP contribution in [0.25, 0.3) is 0 Å². The number of nitrogens with one attached hydrogen (secondary N) is 3. The van der Waals surface area contributed by atoms with Gasteiger partial charge in [0.2, 0.25) is 17.7 Å². The molecule has 0 fully saturated rings. The van der Waals surface area contributed by atoms with Crippen molar-refractivity contribution in [2.45, 2.75) is 142 Å². The van der Waals surface area contributed by atoms with E-state index in [1.54, 1.807) is 124 Å². The van der Waals surface area contributed by atoms with Crippen LogP contribution in [0.4, 0.5) is 0 Å². The van der Waals surface area contributed by atoms with E-state index < -0.39 is 108 Å². The van der Waals surface area contributed by atoms with Gasteiger partial charge in [0.05, 0.1) is 43.7 Å². The number of hydrogen-bond acceptors (Lipinski definition) is 15. The predicted molar refractivity (Wildman–Crippen MR) is 317 cm³/mol. The molecule has 0 aromatic heterocycles. The Labute approximate surface area is 498 Å². The van der Waals surface area contributed by atoms with Gasteiger partial charge in [-0.2, -0.15) is 0 Å². The second-order valence-electron chi connectivity index (χ2n) is 21.8. The number of rotatable bonds is 38. The molecule has 18 nitrogen and oxygen atoms in total. The van der Waals surface area contributed by atoms with Gasteiger partial charge < -0.3 is 44.4 Å². The third kappa shape index (κ3) is 26.8.